The molecule has 98 valence electrons. The maximum atomic E-state index is 11.1. The lowest BCUT2D eigenvalue weighted by Gasteiger charge is -2.25. The molecule has 0 saturated carbocycles. The molecular weight excluding hydrogens is 250 g/mol. The van der Waals surface area contributed by atoms with E-state index in [1.165, 1.54) is 0 Å². The van der Waals surface area contributed by atoms with Crippen molar-refractivity contribution >= 4 is 17.4 Å². The van der Waals surface area contributed by atoms with Crippen LogP contribution in [0.5, 0.6) is 5.75 Å². The maximum absolute atomic E-state index is 11.1. The number of Topliss-reactive ketones (excluding diaryl/α,β-unsaturated/α-hetero) is 1. The number of likely N-dealkylation sites (tertiary alicyclic amines) is 1. The highest BCUT2D eigenvalue weighted by Gasteiger charge is 2.15. The van der Waals surface area contributed by atoms with Crippen LogP contribution in [-0.4, -0.2) is 36.9 Å². The molecule has 1 saturated heterocycles. The predicted molar refractivity (Wildman–Crippen MR) is 72.2 cm³/mol. The van der Waals surface area contributed by atoms with Crippen molar-refractivity contribution in [1.82, 2.24) is 4.90 Å². The van der Waals surface area contributed by atoms with E-state index in [2.05, 4.69) is 4.90 Å². The second kappa shape index (κ2) is 6.76. The van der Waals surface area contributed by atoms with Gasteiger partial charge in [-0.1, -0.05) is 23.7 Å². The van der Waals surface area contributed by atoms with Crippen molar-refractivity contribution in [2.45, 2.75) is 19.3 Å². The first-order valence-electron chi connectivity index (χ1n) is 6.37. The summed E-state index contributed by atoms with van der Waals surface area (Å²) in [6, 6.07) is 7.51. The fourth-order valence-corrected chi connectivity index (χ4v) is 2.25. The van der Waals surface area contributed by atoms with Crippen molar-refractivity contribution in [2.75, 3.05) is 26.2 Å². The van der Waals surface area contributed by atoms with Gasteiger partial charge in [0.1, 0.15) is 11.5 Å². The number of rotatable bonds is 5. The van der Waals surface area contributed by atoms with Crippen molar-refractivity contribution in [1.29, 1.82) is 0 Å². The van der Waals surface area contributed by atoms with Gasteiger partial charge in [0.15, 0.2) is 0 Å². The Hall–Kier alpha value is -1.06. The highest BCUT2D eigenvalue weighted by atomic mass is 35.5. The molecule has 2 rings (SSSR count). The smallest absolute Gasteiger partial charge is 0.137 e. The first-order valence-corrected chi connectivity index (χ1v) is 6.75. The van der Waals surface area contributed by atoms with Crippen molar-refractivity contribution < 1.29 is 9.53 Å². The molecular formula is C14H18ClNO2. The molecule has 1 aromatic carbocycles. The van der Waals surface area contributed by atoms with Gasteiger partial charge in [-0.05, 0) is 18.6 Å². The maximum Gasteiger partial charge on any atom is 0.137 e. The summed E-state index contributed by atoms with van der Waals surface area (Å²) in [5.41, 5.74) is 0. The fourth-order valence-electron chi connectivity index (χ4n) is 2.06. The van der Waals surface area contributed by atoms with Gasteiger partial charge in [-0.15, -0.1) is 0 Å². The molecule has 0 aliphatic carbocycles. The third-order valence-corrected chi connectivity index (χ3v) is 3.44. The van der Waals surface area contributed by atoms with Crippen LogP contribution < -0.4 is 4.74 Å². The minimum absolute atomic E-state index is 0.388. The molecule has 0 N–H and O–H groups in total. The standard InChI is InChI=1S/C14H18ClNO2/c15-13-4-1-2-5-14(13)18-11-3-8-16-9-6-12(17)7-10-16/h1-2,4-5H,3,6-11H2. The minimum Gasteiger partial charge on any atom is -0.492 e. The van der Waals surface area contributed by atoms with Gasteiger partial charge >= 0.3 is 0 Å². The Labute approximate surface area is 113 Å². The molecule has 18 heavy (non-hydrogen) atoms. The number of ketones is 1. The molecule has 0 bridgehead atoms. The van der Waals surface area contributed by atoms with Gasteiger partial charge in [-0.3, -0.25) is 4.79 Å². The molecule has 0 atom stereocenters. The number of halogens is 1. The number of para-hydroxylation sites is 1. The van der Waals surface area contributed by atoms with E-state index >= 15 is 0 Å². The number of piperidine rings is 1. The number of ether oxygens (including phenoxy) is 1. The van der Waals surface area contributed by atoms with Gasteiger partial charge in [0, 0.05) is 32.5 Å². The molecule has 1 fully saturated rings. The molecule has 0 aromatic heterocycles. The molecule has 0 radical (unpaired) electrons. The lowest BCUT2D eigenvalue weighted by Crippen LogP contribution is -2.35. The van der Waals surface area contributed by atoms with Gasteiger partial charge in [0.2, 0.25) is 0 Å². The highest BCUT2D eigenvalue weighted by molar-refractivity contribution is 6.32. The lowest BCUT2D eigenvalue weighted by molar-refractivity contribution is -0.121. The Morgan fingerprint density at radius 2 is 1.94 bits per heavy atom. The van der Waals surface area contributed by atoms with Crippen LogP contribution >= 0.6 is 11.6 Å². The monoisotopic (exact) mass is 267 g/mol. The molecule has 1 heterocycles. The van der Waals surface area contributed by atoms with Crippen LogP contribution in [0.4, 0.5) is 0 Å². The van der Waals surface area contributed by atoms with Gasteiger partial charge in [0.05, 0.1) is 11.6 Å². The summed E-state index contributed by atoms with van der Waals surface area (Å²) in [4.78, 5) is 13.4. The first-order chi connectivity index (χ1) is 8.75. The van der Waals surface area contributed by atoms with Crippen LogP contribution in [0.3, 0.4) is 0 Å². The second-order valence-electron chi connectivity index (χ2n) is 4.51. The van der Waals surface area contributed by atoms with E-state index in [0.717, 1.165) is 31.8 Å². The molecule has 0 amide bonds. The molecule has 3 nitrogen and oxygen atoms in total. The van der Waals surface area contributed by atoms with E-state index in [4.69, 9.17) is 16.3 Å². The fraction of sp³-hybridized carbons (Fsp3) is 0.500. The van der Waals surface area contributed by atoms with Crippen LogP contribution in [-0.2, 0) is 4.79 Å². The van der Waals surface area contributed by atoms with E-state index in [9.17, 15) is 4.79 Å². The number of hydrogen-bond donors (Lipinski definition) is 0. The average Bonchev–Trinajstić information content (AvgIpc) is 2.39. The van der Waals surface area contributed by atoms with E-state index in [-0.39, 0.29) is 0 Å². The number of hydrogen-bond acceptors (Lipinski definition) is 3. The van der Waals surface area contributed by atoms with Gasteiger partial charge < -0.3 is 9.64 Å². The largest absolute Gasteiger partial charge is 0.492 e. The summed E-state index contributed by atoms with van der Waals surface area (Å²) in [6.07, 6.45) is 2.36. The number of nitrogens with zero attached hydrogens (tertiary/aromatic N) is 1. The van der Waals surface area contributed by atoms with Crippen LogP contribution in [0.15, 0.2) is 24.3 Å². The zero-order valence-electron chi connectivity index (χ0n) is 10.4. The molecule has 1 aliphatic rings. The summed E-state index contributed by atoms with van der Waals surface area (Å²) in [7, 11) is 0. The van der Waals surface area contributed by atoms with E-state index in [1.807, 2.05) is 24.3 Å². The summed E-state index contributed by atoms with van der Waals surface area (Å²) in [6.45, 7) is 3.43. The van der Waals surface area contributed by atoms with Crippen LogP contribution in [0.2, 0.25) is 5.02 Å². The normalized spacial score (nSPS) is 16.8. The van der Waals surface area contributed by atoms with E-state index in [1.54, 1.807) is 0 Å². The molecule has 4 heteroatoms. The van der Waals surface area contributed by atoms with Crippen molar-refractivity contribution in [3.8, 4) is 5.75 Å². The number of benzene rings is 1. The second-order valence-corrected chi connectivity index (χ2v) is 4.92. The number of carbonyl (C=O) groups excluding carboxylic acids is 1. The zero-order valence-corrected chi connectivity index (χ0v) is 11.2. The topological polar surface area (TPSA) is 29.5 Å². The van der Waals surface area contributed by atoms with Gasteiger partial charge in [-0.2, -0.15) is 0 Å². The molecule has 0 unspecified atom stereocenters. The highest BCUT2D eigenvalue weighted by Crippen LogP contribution is 2.23. The van der Waals surface area contributed by atoms with E-state index < -0.39 is 0 Å². The summed E-state index contributed by atoms with van der Waals surface area (Å²) >= 11 is 6.00. The third kappa shape index (κ3) is 4.00. The summed E-state index contributed by atoms with van der Waals surface area (Å²) in [5, 5.41) is 0.654. The summed E-state index contributed by atoms with van der Waals surface area (Å²) in [5.74, 6) is 1.13. The van der Waals surface area contributed by atoms with E-state index in [0.29, 0.717) is 30.3 Å². The minimum atomic E-state index is 0.388. The Kier molecular flexibility index (Phi) is 5.02. The Morgan fingerprint density at radius 3 is 2.67 bits per heavy atom. The Bertz CT molecular complexity index is 399. The molecule has 0 spiro atoms. The average molecular weight is 268 g/mol. The van der Waals surface area contributed by atoms with Crippen molar-refractivity contribution in [3.05, 3.63) is 29.3 Å². The van der Waals surface area contributed by atoms with Crippen LogP contribution in [0.25, 0.3) is 0 Å². The zero-order chi connectivity index (χ0) is 12.8. The van der Waals surface area contributed by atoms with Gasteiger partial charge in [0.25, 0.3) is 0 Å². The van der Waals surface area contributed by atoms with Crippen LogP contribution in [0.1, 0.15) is 19.3 Å². The quantitative estimate of drug-likeness (QED) is 0.769. The SMILES string of the molecule is O=C1CCN(CCCOc2ccccc2Cl)CC1. The van der Waals surface area contributed by atoms with Crippen LogP contribution in [0, 0.1) is 0 Å². The first kappa shape index (κ1) is 13.4. The molecule has 1 aromatic rings. The predicted octanol–water partition coefficient (Wildman–Crippen LogP) is 2.77. The molecule has 1 aliphatic heterocycles. The third-order valence-electron chi connectivity index (χ3n) is 3.13. The number of carbonyl (C=O) groups is 1. The van der Waals surface area contributed by atoms with Crippen molar-refractivity contribution in [2.24, 2.45) is 0 Å². The summed E-state index contributed by atoms with van der Waals surface area (Å²) < 4.78 is 5.62. The van der Waals surface area contributed by atoms with Crippen molar-refractivity contribution in [3.63, 3.8) is 0 Å². The Morgan fingerprint density at radius 1 is 1.22 bits per heavy atom. The van der Waals surface area contributed by atoms with Gasteiger partial charge in [-0.25, -0.2) is 0 Å². The Balaban J connectivity index is 1.64. The lowest BCUT2D eigenvalue weighted by atomic mass is 10.1.